The van der Waals surface area contributed by atoms with E-state index in [2.05, 4.69) is 0 Å². The van der Waals surface area contributed by atoms with Crippen LogP contribution in [-0.4, -0.2) is 54.9 Å². The van der Waals surface area contributed by atoms with Crippen LogP contribution in [0, 0.1) is 0 Å². The van der Waals surface area contributed by atoms with Crippen molar-refractivity contribution in [1.29, 1.82) is 0 Å². The van der Waals surface area contributed by atoms with Gasteiger partial charge in [0.25, 0.3) is 0 Å². The Hall–Kier alpha value is -1.18. The van der Waals surface area contributed by atoms with E-state index in [-0.39, 0.29) is 0 Å². The van der Waals surface area contributed by atoms with Crippen molar-refractivity contribution in [2.75, 3.05) is 7.11 Å². The van der Waals surface area contributed by atoms with Crippen LogP contribution in [0.2, 0.25) is 0 Å². The lowest BCUT2D eigenvalue weighted by molar-refractivity contribution is -0.292. The van der Waals surface area contributed by atoms with Crippen LogP contribution >= 0.6 is 0 Å². The third-order valence-corrected chi connectivity index (χ3v) is 2.59. The van der Waals surface area contributed by atoms with Gasteiger partial charge in [0.2, 0.25) is 0 Å². The first-order chi connectivity index (χ1) is 8.36. The molecule has 0 aromatic rings. The number of aliphatic hydroxyl groups is 1. The normalized spacial score (nSPS) is 35.9. The first kappa shape index (κ1) is 14.9. The van der Waals surface area contributed by atoms with Gasteiger partial charge in [-0.25, -0.2) is 0 Å². The highest BCUT2D eigenvalue weighted by Gasteiger charge is 2.47. The molecule has 0 aromatic carbocycles. The first-order valence-electron chi connectivity index (χ1n) is 5.57. The Balaban J connectivity index is 2.84. The summed E-state index contributed by atoms with van der Waals surface area (Å²) in [5.74, 6) is -1.13. The van der Waals surface area contributed by atoms with Crippen molar-refractivity contribution < 1.29 is 33.6 Å². The van der Waals surface area contributed by atoms with Crippen LogP contribution < -0.4 is 0 Å². The Bertz CT molecular complexity index is 317. The molecule has 0 aromatic heterocycles. The van der Waals surface area contributed by atoms with Crippen molar-refractivity contribution in [2.24, 2.45) is 0 Å². The molecule has 7 nitrogen and oxygen atoms in total. The zero-order valence-corrected chi connectivity index (χ0v) is 10.8. The number of rotatable bonds is 3. The van der Waals surface area contributed by atoms with Crippen molar-refractivity contribution in [3.63, 3.8) is 0 Å². The molecule has 0 saturated carbocycles. The zero-order valence-electron chi connectivity index (χ0n) is 10.8. The van der Waals surface area contributed by atoms with Crippen molar-refractivity contribution in [1.82, 2.24) is 0 Å². The Kier molecular flexibility index (Phi) is 5.06. The van der Waals surface area contributed by atoms with Crippen LogP contribution in [0.3, 0.4) is 0 Å². The van der Waals surface area contributed by atoms with Gasteiger partial charge in [-0.05, 0) is 6.92 Å². The van der Waals surface area contributed by atoms with Gasteiger partial charge in [0, 0.05) is 21.0 Å². The number of ether oxygens (including phenoxy) is 4. The molecule has 0 unspecified atom stereocenters. The van der Waals surface area contributed by atoms with Gasteiger partial charge in [0.05, 0.1) is 6.10 Å². The molecular weight excluding hydrogens is 244 g/mol. The van der Waals surface area contributed by atoms with Gasteiger partial charge in [-0.15, -0.1) is 0 Å². The van der Waals surface area contributed by atoms with E-state index in [0.717, 1.165) is 0 Å². The molecular formula is C11H18O7. The van der Waals surface area contributed by atoms with Gasteiger partial charge >= 0.3 is 11.9 Å². The van der Waals surface area contributed by atoms with Gasteiger partial charge in [-0.3, -0.25) is 9.59 Å². The number of aliphatic hydroxyl groups excluding tert-OH is 1. The molecule has 1 N–H and O–H groups in total. The van der Waals surface area contributed by atoms with E-state index in [1.807, 2.05) is 0 Å². The van der Waals surface area contributed by atoms with E-state index in [0.29, 0.717) is 0 Å². The predicted octanol–water partition coefficient (Wildman–Crippen LogP) is -0.398. The fraction of sp³-hybridized carbons (Fsp3) is 0.818. The Morgan fingerprint density at radius 2 is 1.61 bits per heavy atom. The second kappa shape index (κ2) is 6.12. The lowest BCUT2D eigenvalue weighted by Crippen LogP contribution is -2.59. The molecule has 5 atom stereocenters. The topological polar surface area (TPSA) is 91.3 Å². The van der Waals surface area contributed by atoms with Gasteiger partial charge in [0.1, 0.15) is 6.10 Å². The Labute approximate surface area is 105 Å². The van der Waals surface area contributed by atoms with Gasteiger partial charge in [0.15, 0.2) is 18.5 Å². The second-order valence-electron chi connectivity index (χ2n) is 4.08. The molecule has 0 spiro atoms. The Morgan fingerprint density at radius 1 is 1.11 bits per heavy atom. The zero-order chi connectivity index (χ0) is 13.9. The number of hydrogen-bond acceptors (Lipinski definition) is 7. The number of carbonyl (C=O) groups is 2. The van der Waals surface area contributed by atoms with Crippen LogP contribution in [0.15, 0.2) is 0 Å². The van der Waals surface area contributed by atoms with E-state index in [1.165, 1.54) is 21.0 Å². The third-order valence-electron chi connectivity index (χ3n) is 2.59. The van der Waals surface area contributed by atoms with E-state index in [9.17, 15) is 14.7 Å². The highest BCUT2D eigenvalue weighted by Crippen LogP contribution is 2.26. The molecule has 1 aliphatic heterocycles. The average molecular weight is 262 g/mol. The van der Waals surface area contributed by atoms with E-state index in [4.69, 9.17) is 18.9 Å². The standard InChI is InChI=1S/C11H18O7/c1-5-9(17-6(2)12)8(14)10(18-7(3)13)11(15-4)16-5/h5,8-11,14H,1-4H3/t5-,8+,9-,10+,11+/m0/s1. The summed E-state index contributed by atoms with van der Waals surface area (Å²) in [7, 11) is 1.37. The summed E-state index contributed by atoms with van der Waals surface area (Å²) < 4.78 is 20.3. The minimum absolute atomic E-state index is 0.549. The predicted molar refractivity (Wildman–Crippen MR) is 58.5 cm³/mol. The van der Waals surface area contributed by atoms with Crippen LogP contribution in [-0.2, 0) is 28.5 Å². The summed E-state index contributed by atoms with van der Waals surface area (Å²) in [6, 6.07) is 0. The Morgan fingerprint density at radius 3 is 2.06 bits per heavy atom. The van der Waals surface area contributed by atoms with Crippen molar-refractivity contribution >= 4 is 11.9 Å². The molecule has 1 rings (SSSR count). The van der Waals surface area contributed by atoms with Crippen LogP contribution in [0.25, 0.3) is 0 Å². The minimum atomic E-state index is -1.20. The van der Waals surface area contributed by atoms with Gasteiger partial charge in [-0.1, -0.05) is 0 Å². The SMILES string of the molecule is CO[C@@H]1O[C@@H](C)[C@H](OC(C)=O)[C@@H](O)[C@H]1OC(C)=O. The molecule has 1 aliphatic rings. The van der Waals surface area contributed by atoms with E-state index in [1.54, 1.807) is 6.92 Å². The number of carbonyl (C=O) groups excluding carboxylic acids is 2. The average Bonchev–Trinajstić information content (AvgIpc) is 2.27. The summed E-state index contributed by atoms with van der Waals surface area (Å²) in [6.45, 7) is 4.06. The molecule has 18 heavy (non-hydrogen) atoms. The van der Waals surface area contributed by atoms with Crippen LogP contribution in [0.4, 0.5) is 0 Å². The van der Waals surface area contributed by atoms with Crippen LogP contribution in [0.5, 0.6) is 0 Å². The molecule has 1 fully saturated rings. The fourth-order valence-electron chi connectivity index (χ4n) is 1.86. The third kappa shape index (κ3) is 3.41. The lowest BCUT2D eigenvalue weighted by atomic mass is 9.99. The molecule has 1 saturated heterocycles. The summed E-state index contributed by atoms with van der Waals surface area (Å²) in [5, 5.41) is 10.1. The smallest absolute Gasteiger partial charge is 0.303 e. The van der Waals surface area contributed by atoms with Crippen molar-refractivity contribution in [3.05, 3.63) is 0 Å². The maximum Gasteiger partial charge on any atom is 0.303 e. The van der Waals surface area contributed by atoms with Crippen molar-refractivity contribution in [3.8, 4) is 0 Å². The molecule has 0 radical (unpaired) electrons. The molecule has 1 heterocycles. The highest BCUT2D eigenvalue weighted by molar-refractivity contribution is 5.67. The number of esters is 2. The largest absolute Gasteiger partial charge is 0.457 e. The molecule has 0 amide bonds. The second-order valence-corrected chi connectivity index (χ2v) is 4.08. The van der Waals surface area contributed by atoms with Gasteiger partial charge < -0.3 is 24.1 Å². The summed E-state index contributed by atoms with van der Waals surface area (Å²) in [5.41, 5.74) is 0. The monoisotopic (exact) mass is 262 g/mol. The molecule has 0 aliphatic carbocycles. The van der Waals surface area contributed by atoms with Crippen LogP contribution in [0.1, 0.15) is 20.8 Å². The summed E-state index contributed by atoms with van der Waals surface area (Å²) in [6.07, 6.45) is -4.61. The first-order valence-corrected chi connectivity index (χ1v) is 5.57. The maximum atomic E-state index is 11.0. The van der Waals surface area contributed by atoms with E-state index < -0.39 is 42.6 Å². The lowest BCUT2D eigenvalue weighted by Gasteiger charge is -2.41. The summed E-state index contributed by atoms with van der Waals surface area (Å²) in [4.78, 5) is 21.9. The molecule has 7 heteroatoms. The highest BCUT2D eigenvalue weighted by atomic mass is 16.7. The van der Waals surface area contributed by atoms with Gasteiger partial charge in [-0.2, -0.15) is 0 Å². The van der Waals surface area contributed by atoms with Crippen molar-refractivity contribution in [2.45, 2.75) is 51.5 Å². The quantitative estimate of drug-likeness (QED) is 0.692. The fourth-order valence-corrected chi connectivity index (χ4v) is 1.86. The van der Waals surface area contributed by atoms with E-state index >= 15 is 0 Å². The minimum Gasteiger partial charge on any atom is -0.457 e. The molecule has 0 bridgehead atoms. The number of hydrogen-bond donors (Lipinski definition) is 1. The summed E-state index contributed by atoms with van der Waals surface area (Å²) >= 11 is 0. The number of methoxy groups -OCH3 is 1. The molecule has 104 valence electrons. The maximum absolute atomic E-state index is 11.0.